The van der Waals surface area contributed by atoms with Crippen molar-refractivity contribution < 1.29 is 5.11 Å². The molecule has 4 heteroatoms. The second kappa shape index (κ2) is 6.03. The topological polar surface area (TPSA) is 68.9 Å². The number of aromatic nitrogens is 1. The summed E-state index contributed by atoms with van der Waals surface area (Å²) in [5, 5.41) is 21.9. The Kier molecular flexibility index (Phi) is 4.39. The van der Waals surface area contributed by atoms with Crippen molar-refractivity contribution in [3.63, 3.8) is 0 Å². The van der Waals surface area contributed by atoms with Crippen LogP contribution in [0, 0.1) is 18.3 Å². The van der Waals surface area contributed by atoms with E-state index in [9.17, 15) is 10.4 Å². The third kappa shape index (κ3) is 2.71. The van der Waals surface area contributed by atoms with Gasteiger partial charge in [0.2, 0.25) is 0 Å². The van der Waals surface area contributed by atoms with Gasteiger partial charge in [-0.05, 0) is 50.2 Å². The molecule has 0 saturated heterocycles. The first-order chi connectivity index (χ1) is 9.21. The summed E-state index contributed by atoms with van der Waals surface area (Å²) in [4.78, 5) is 4.55. The monoisotopic (exact) mass is 259 g/mol. The van der Waals surface area contributed by atoms with Gasteiger partial charge in [-0.1, -0.05) is 6.92 Å². The Bertz CT molecular complexity index is 501. The van der Waals surface area contributed by atoms with Gasteiger partial charge < -0.3 is 10.4 Å². The van der Waals surface area contributed by atoms with Crippen molar-refractivity contribution >= 4 is 5.82 Å². The van der Waals surface area contributed by atoms with Crippen molar-refractivity contribution in [1.29, 1.82) is 5.26 Å². The highest BCUT2D eigenvalue weighted by atomic mass is 16.3. The molecule has 2 rings (SSSR count). The molecule has 0 aromatic carbocycles. The SMILES string of the molecule is CC[C@H](CO)Nc1nc(C)c2c(c1C#N)CCCC2. The number of rotatable bonds is 4. The molecule has 1 aromatic rings. The third-order valence-electron chi connectivity index (χ3n) is 3.89. The van der Waals surface area contributed by atoms with Crippen LogP contribution in [0.3, 0.4) is 0 Å². The van der Waals surface area contributed by atoms with Crippen LogP contribution in [-0.4, -0.2) is 22.7 Å². The molecule has 1 atom stereocenters. The highest BCUT2D eigenvalue weighted by molar-refractivity contribution is 5.60. The zero-order valence-corrected chi connectivity index (χ0v) is 11.7. The maximum absolute atomic E-state index is 9.43. The van der Waals surface area contributed by atoms with Crippen LogP contribution in [0.4, 0.5) is 5.82 Å². The van der Waals surface area contributed by atoms with Gasteiger partial charge in [-0.25, -0.2) is 4.98 Å². The summed E-state index contributed by atoms with van der Waals surface area (Å²) in [6.45, 7) is 4.07. The molecular formula is C15H21N3O. The molecule has 102 valence electrons. The molecule has 0 bridgehead atoms. The van der Waals surface area contributed by atoms with Crippen LogP contribution < -0.4 is 5.32 Å². The number of aliphatic hydroxyl groups is 1. The highest BCUT2D eigenvalue weighted by Gasteiger charge is 2.21. The molecular weight excluding hydrogens is 238 g/mol. The standard InChI is InChI=1S/C15H21N3O/c1-3-11(9-19)18-15-14(8-16)13-7-5-4-6-12(13)10(2)17-15/h11,19H,3-7,9H2,1-2H3,(H,17,18)/t11-/m1/s1. The lowest BCUT2D eigenvalue weighted by atomic mass is 9.88. The van der Waals surface area contributed by atoms with Gasteiger partial charge in [0.05, 0.1) is 18.2 Å². The van der Waals surface area contributed by atoms with Crippen molar-refractivity contribution in [1.82, 2.24) is 4.98 Å². The predicted octanol–water partition coefficient (Wildman–Crippen LogP) is 2.32. The van der Waals surface area contributed by atoms with Crippen LogP contribution in [0.1, 0.15) is 48.6 Å². The summed E-state index contributed by atoms with van der Waals surface area (Å²) in [6, 6.07) is 2.26. The molecule has 0 unspecified atom stereocenters. The lowest BCUT2D eigenvalue weighted by Gasteiger charge is -2.23. The summed E-state index contributed by atoms with van der Waals surface area (Å²) in [5.41, 5.74) is 4.11. The van der Waals surface area contributed by atoms with Crippen molar-refractivity contribution in [2.24, 2.45) is 0 Å². The molecule has 1 aliphatic carbocycles. The fourth-order valence-electron chi connectivity index (χ4n) is 2.71. The zero-order chi connectivity index (χ0) is 13.8. The van der Waals surface area contributed by atoms with Gasteiger partial charge in [-0.15, -0.1) is 0 Å². The first-order valence-electron chi connectivity index (χ1n) is 7.01. The van der Waals surface area contributed by atoms with Crippen LogP contribution in [0.5, 0.6) is 0 Å². The number of fused-ring (bicyclic) bond motifs is 1. The number of nitrogens with one attached hydrogen (secondary N) is 1. The van der Waals surface area contributed by atoms with Gasteiger partial charge in [-0.3, -0.25) is 0 Å². The number of aliphatic hydroxyl groups excluding tert-OH is 1. The molecule has 0 saturated carbocycles. The molecule has 0 fully saturated rings. The zero-order valence-electron chi connectivity index (χ0n) is 11.7. The number of hydrogen-bond donors (Lipinski definition) is 2. The average molecular weight is 259 g/mol. The van der Waals surface area contributed by atoms with Gasteiger partial charge >= 0.3 is 0 Å². The first-order valence-corrected chi connectivity index (χ1v) is 7.01. The molecule has 4 nitrogen and oxygen atoms in total. The van der Waals surface area contributed by atoms with Gasteiger partial charge in [0, 0.05) is 5.69 Å². The minimum Gasteiger partial charge on any atom is -0.394 e. The number of aryl methyl sites for hydroxylation is 1. The second-order valence-corrected chi connectivity index (χ2v) is 5.13. The quantitative estimate of drug-likeness (QED) is 0.870. The lowest BCUT2D eigenvalue weighted by Crippen LogP contribution is -2.25. The molecule has 0 amide bonds. The number of pyridine rings is 1. The minimum absolute atomic E-state index is 0.0411. The Morgan fingerprint density at radius 3 is 2.63 bits per heavy atom. The largest absolute Gasteiger partial charge is 0.394 e. The molecule has 0 aliphatic heterocycles. The van der Waals surface area contributed by atoms with E-state index < -0.39 is 0 Å². The fraction of sp³-hybridized carbons (Fsp3) is 0.600. The third-order valence-corrected chi connectivity index (χ3v) is 3.89. The van der Waals surface area contributed by atoms with E-state index in [4.69, 9.17) is 0 Å². The van der Waals surface area contributed by atoms with E-state index in [0.717, 1.165) is 36.9 Å². The molecule has 1 heterocycles. The van der Waals surface area contributed by atoms with Crippen LogP contribution in [0.2, 0.25) is 0 Å². The number of nitrogens with zero attached hydrogens (tertiary/aromatic N) is 2. The molecule has 0 radical (unpaired) electrons. The minimum atomic E-state index is -0.0411. The van der Waals surface area contributed by atoms with E-state index >= 15 is 0 Å². The summed E-state index contributed by atoms with van der Waals surface area (Å²) < 4.78 is 0. The first kappa shape index (κ1) is 13.8. The van der Waals surface area contributed by atoms with Crippen LogP contribution in [-0.2, 0) is 12.8 Å². The summed E-state index contributed by atoms with van der Waals surface area (Å²) in [5.74, 6) is 0.640. The van der Waals surface area contributed by atoms with Gasteiger partial charge in [0.25, 0.3) is 0 Å². The van der Waals surface area contributed by atoms with Crippen LogP contribution >= 0.6 is 0 Å². The lowest BCUT2D eigenvalue weighted by molar-refractivity contribution is 0.271. The molecule has 0 spiro atoms. The Hall–Kier alpha value is -1.60. The van der Waals surface area contributed by atoms with E-state index in [1.54, 1.807) is 0 Å². The molecule has 19 heavy (non-hydrogen) atoms. The summed E-state index contributed by atoms with van der Waals surface area (Å²) in [7, 11) is 0. The average Bonchev–Trinajstić information content (AvgIpc) is 2.45. The van der Waals surface area contributed by atoms with E-state index in [0.29, 0.717) is 11.4 Å². The van der Waals surface area contributed by atoms with Crippen molar-refractivity contribution in [3.05, 3.63) is 22.4 Å². The van der Waals surface area contributed by atoms with E-state index in [2.05, 4.69) is 16.4 Å². The van der Waals surface area contributed by atoms with Crippen molar-refractivity contribution in [2.45, 2.75) is 52.0 Å². The smallest absolute Gasteiger partial charge is 0.144 e. The Balaban J connectivity index is 2.44. The van der Waals surface area contributed by atoms with Gasteiger partial charge in [-0.2, -0.15) is 5.26 Å². The predicted molar refractivity (Wildman–Crippen MR) is 75.1 cm³/mol. The van der Waals surface area contributed by atoms with Crippen LogP contribution in [0.25, 0.3) is 0 Å². The van der Waals surface area contributed by atoms with Crippen LogP contribution in [0.15, 0.2) is 0 Å². The maximum atomic E-state index is 9.43. The van der Waals surface area contributed by atoms with Gasteiger partial charge in [0.1, 0.15) is 11.9 Å². The molecule has 2 N–H and O–H groups in total. The Morgan fingerprint density at radius 2 is 2.05 bits per heavy atom. The number of anilines is 1. The van der Waals surface area contributed by atoms with E-state index in [1.165, 1.54) is 12.0 Å². The summed E-state index contributed by atoms with van der Waals surface area (Å²) >= 11 is 0. The van der Waals surface area contributed by atoms with Gasteiger partial charge in [0.15, 0.2) is 0 Å². The Morgan fingerprint density at radius 1 is 1.37 bits per heavy atom. The van der Waals surface area contributed by atoms with E-state index in [1.807, 2.05) is 13.8 Å². The highest BCUT2D eigenvalue weighted by Crippen LogP contribution is 2.30. The molecule has 1 aliphatic rings. The van der Waals surface area contributed by atoms with Crippen molar-refractivity contribution in [3.8, 4) is 6.07 Å². The van der Waals surface area contributed by atoms with E-state index in [-0.39, 0.29) is 12.6 Å². The normalized spacial score (nSPS) is 15.5. The summed E-state index contributed by atoms with van der Waals surface area (Å²) in [6.07, 6.45) is 5.12. The van der Waals surface area contributed by atoms with Crippen molar-refractivity contribution in [2.75, 3.05) is 11.9 Å². The number of hydrogen-bond acceptors (Lipinski definition) is 4. The fourth-order valence-corrected chi connectivity index (χ4v) is 2.71. The maximum Gasteiger partial charge on any atom is 0.144 e. The Labute approximate surface area is 114 Å². The second-order valence-electron chi connectivity index (χ2n) is 5.13. The number of nitriles is 1. The molecule has 1 aromatic heterocycles.